The fourth-order valence-corrected chi connectivity index (χ4v) is 1.81. The molecule has 0 aliphatic rings. The highest BCUT2D eigenvalue weighted by Gasteiger charge is 2.14. The summed E-state index contributed by atoms with van der Waals surface area (Å²) in [7, 11) is 0. The minimum absolute atomic E-state index is 0.104. The van der Waals surface area contributed by atoms with Gasteiger partial charge >= 0.3 is 0 Å². The number of halogens is 1. The van der Waals surface area contributed by atoms with Crippen molar-refractivity contribution in [1.29, 1.82) is 0 Å². The third-order valence-electron chi connectivity index (χ3n) is 2.43. The first-order valence-corrected chi connectivity index (χ1v) is 5.58. The highest BCUT2D eigenvalue weighted by atomic mass is 35.5. The van der Waals surface area contributed by atoms with E-state index in [1.165, 1.54) is 0 Å². The molecule has 0 saturated heterocycles. The maximum absolute atomic E-state index is 11.9. The molecule has 5 heteroatoms. The predicted molar refractivity (Wildman–Crippen MR) is 66.3 cm³/mol. The van der Waals surface area contributed by atoms with E-state index in [4.69, 9.17) is 11.6 Å². The number of aryl methyl sites for hydroxylation is 1. The highest BCUT2D eigenvalue weighted by molar-refractivity contribution is 6.33. The summed E-state index contributed by atoms with van der Waals surface area (Å²) in [5.74, 6) is 0.155. The van der Waals surface area contributed by atoms with E-state index < -0.39 is 0 Å². The second-order valence-corrected chi connectivity index (χ2v) is 3.95. The average molecular weight is 251 g/mol. The molecule has 2 N–H and O–H groups in total. The van der Waals surface area contributed by atoms with Crippen molar-refractivity contribution in [3.8, 4) is 17.0 Å². The van der Waals surface area contributed by atoms with Gasteiger partial charge in [-0.3, -0.25) is 4.79 Å². The predicted octanol–water partition coefficient (Wildman–Crippen LogP) is 2.36. The lowest BCUT2D eigenvalue weighted by Crippen LogP contribution is -2.13. The van der Waals surface area contributed by atoms with Crippen LogP contribution in [0.3, 0.4) is 0 Å². The molecule has 0 fully saturated rings. The Hall–Kier alpha value is -1.81. The fraction of sp³-hybridized carbons (Fsp3) is 0.167. The van der Waals surface area contributed by atoms with E-state index in [1.54, 1.807) is 24.3 Å². The zero-order chi connectivity index (χ0) is 12.4. The van der Waals surface area contributed by atoms with Gasteiger partial charge in [0.25, 0.3) is 5.56 Å². The van der Waals surface area contributed by atoms with E-state index in [1.807, 2.05) is 6.92 Å². The molecule has 0 atom stereocenters. The molecule has 1 heterocycles. The van der Waals surface area contributed by atoms with E-state index in [0.29, 0.717) is 22.8 Å². The van der Waals surface area contributed by atoms with Crippen molar-refractivity contribution >= 4 is 11.6 Å². The van der Waals surface area contributed by atoms with E-state index in [-0.39, 0.29) is 17.0 Å². The van der Waals surface area contributed by atoms with E-state index >= 15 is 0 Å². The van der Waals surface area contributed by atoms with Gasteiger partial charge in [-0.05, 0) is 6.07 Å². The van der Waals surface area contributed by atoms with E-state index in [9.17, 15) is 9.90 Å². The molecule has 88 valence electrons. The summed E-state index contributed by atoms with van der Waals surface area (Å²) >= 11 is 5.98. The minimum atomic E-state index is -0.387. The van der Waals surface area contributed by atoms with Crippen LogP contribution in [0.15, 0.2) is 29.1 Å². The number of benzene rings is 1. The molecule has 0 saturated carbocycles. The van der Waals surface area contributed by atoms with E-state index in [0.717, 1.165) is 0 Å². The Morgan fingerprint density at radius 3 is 2.71 bits per heavy atom. The maximum Gasteiger partial charge on any atom is 0.262 e. The molecule has 0 bridgehead atoms. The second-order valence-electron chi connectivity index (χ2n) is 3.54. The van der Waals surface area contributed by atoms with Gasteiger partial charge in [0.05, 0.1) is 0 Å². The summed E-state index contributed by atoms with van der Waals surface area (Å²) in [6.45, 7) is 1.84. The Morgan fingerprint density at radius 1 is 1.41 bits per heavy atom. The standard InChI is InChI=1S/C12H11ClN2O2/c1-2-9-14-11(16)10(12(17)15-9)7-5-3-4-6-8(7)13/h3-6H,2H2,1H3,(H2,14,15,16,17). The Bertz CT molecular complexity index is 608. The maximum atomic E-state index is 11.9. The summed E-state index contributed by atoms with van der Waals surface area (Å²) in [5, 5.41) is 10.2. The number of hydrogen-bond donors (Lipinski definition) is 2. The van der Waals surface area contributed by atoms with Crippen LogP contribution < -0.4 is 5.56 Å². The van der Waals surface area contributed by atoms with Crippen LogP contribution in [0.4, 0.5) is 0 Å². The van der Waals surface area contributed by atoms with Gasteiger partial charge in [0.15, 0.2) is 0 Å². The van der Waals surface area contributed by atoms with Crippen LogP contribution in [0.1, 0.15) is 12.7 Å². The van der Waals surface area contributed by atoms with Gasteiger partial charge in [0.1, 0.15) is 11.4 Å². The number of rotatable bonds is 2. The van der Waals surface area contributed by atoms with Crippen LogP contribution in [0, 0.1) is 0 Å². The molecule has 2 aromatic rings. The van der Waals surface area contributed by atoms with Crippen LogP contribution in [-0.4, -0.2) is 15.1 Å². The normalized spacial score (nSPS) is 10.5. The summed E-state index contributed by atoms with van der Waals surface area (Å²) < 4.78 is 0. The first-order valence-electron chi connectivity index (χ1n) is 5.20. The first kappa shape index (κ1) is 11.7. The minimum Gasteiger partial charge on any atom is -0.493 e. The zero-order valence-corrected chi connectivity index (χ0v) is 9.95. The monoisotopic (exact) mass is 250 g/mol. The Morgan fingerprint density at radius 2 is 2.12 bits per heavy atom. The number of aromatic amines is 1. The lowest BCUT2D eigenvalue weighted by atomic mass is 10.1. The van der Waals surface area contributed by atoms with Gasteiger partial charge in [-0.1, -0.05) is 36.7 Å². The van der Waals surface area contributed by atoms with Crippen LogP contribution in [-0.2, 0) is 6.42 Å². The second kappa shape index (κ2) is 4.59. The lowest BCUT2D eigenvalue weighted by Gasteiger charge is -2.06. The number of nitrogens with zero attached hydrogens (tertiary/aromatic N) is 1. The van der Waals surface area contributed by atoms with E-state index in [2.05, 4.69) is 9.97 Å². The molecule has 0 radical (unpaired) electrons. The Balaban J connectivity index is 2.69. The third kappa shape index (κ3) is 2.17. The van der Waals surface area contributed by atoms with Crippen molar-refractivity contribution in [3.05, 3.63) is 45.5 Å². The van der Waals surface area contributed by atoms with Crippen molar-refractivity contribution in [2.45, 2.75) is 13.3 Å². The molecule has 17 heavy (non-hydrogen) atoms. The summed E-state index contributed by atoms with van der Waals surface area (Å²) in [6.07, 6.45) is 0.547. The van der Waals surface area contributed by atoms with Crippen molar-refractivity contribution in [2.24, 2.45) is 0 Å². The van der Waals surface area contributed by atoms with Gasteiger partial charge in [-0.15, -0.1) is 0 Å². The summed E-state index contributed by atoms with van der Waals surface area (Å²) in [4.78, 5) is 18.4. The Labute approximate surface area is 103 Å². The number of aromatic nitrogens is 2. The van der Waals surface area contributed by atoms with Crippen LogP contribution in [0.5, 0.6) is 5.88 Å². The van der Waals surface area contributed by atoms with Crippen LogP contribution in [0.2, 0.25) is 5.02 Å². The molecule has 0 amide bonds. The van der Waals surface area contributed by atoms with Crippen molar-refractivity contribution < 1.29 is 5.11 Å². The summed E-state index contributed by atoms with van der Waals surface area (Å²) in [5.41, 5.74) is 0.193. The SMILES string of the molecule is CCc1nc(O)c(-c2ccccc2Cl)c(=O)[nH]1. The van der Waals surface area contributed by atoms with Crippen LogP contribution >= 0.6 is 11.6 Å². The largest absolute Gasteiger partial charge is 0.493 e. The van der Waals surface area contributed by atoms with Gasteiger partial charge in [-0.25, -0.2) is 0 Å². The molecule has 1 aromatic carbocycles. The molecule has 0 aliphatic carbocycles. The average Bonchev–Trinajstić information content (AvgIpc) is 2.30. The smallest absolute Gasteiger partial charge is 0.262 e. The third-order valence-corrected chi connectivity index (χ3v) is 2.76. The molecular weight excluding hydrogens is 240 g/mol. The first-order chi connectivity index (χ1) is 8.13. The van der Waals surface area contributed by atoms with Gasteiger partial charge in [0.2, 0.25) is 5.88 Å². The fourth-order valence-electron chi connectivity index (χ4n) is 1.58. The van der Waals surface area contributed by atoms with Crippen LogP contribution in [0.25, 0.3) is 11.1 Å². The lowest BCUT2D eigenvalue weighted by molar-refractivity contribution is 0.450. The molecule has 2 rings (SSSR count). The molecule has 4 nitrogen and oxygen atoms in total. The summed E-state index contributed by atoms with van der Waals surface area (Å²) in [6, 6.07) is 6.82. The van der Waals surface area contributed by atoms with Gasteiger partial charge in [-0.2, -0.15) is 4.98 Å². The topological polar surface area (TPSA) is 66.0 Å². The van der Waals surface area contributed by atoms with Crippen molar-refractivity contribution in [2.75, 3.05) is 0 Å². The molecule has 0 unspecified atom stereocenters. The molecular formula is C12H11ClN2O2. The molecule has 1 aromatic heterocycles. The number of H-pyrrole nitrogens is 1. The van der Waals surface area contributed by atoms with Crippen molar-refractivity contribution in [3.63, 3.8) is 0 Å². The van der Waals surface area contributed by atoms with Crippen molar-refractivity contribution in [1.82, 2.24) is 9.97 Å². The zero-order valence-electron chi connectivity index (χ0n) is 9.20. The number of hydrogen-bond acceptors (Lipinski definition) is 3. The number of aromatic hydroxyl groups is 1. The molecule has 0 aliphatic heterocycles. The number of nitrogens with one attached hydrogen (secondary N) is 1. The Kier molecular flexibility index (Phi) is 3.15. The van der Waals surface area contributed by atoms with Gasteiger partial charge in [0, 0.05) is 17.0 Å². The highest BCUT2D eigenvalue weighted by Crippen LogP contribution is 2.29. The molecule has 0 spiro atoms. The quantitative estimate of drug-likeness (QED) is 0.860. The van der Waals surface area contributed by atoms with Gasteiger partial charge < -0.3 is 10.1 Å².